The van der Waals surface area contributed by atoms with Gasteiger partial charge in [0, 0.05) is 90.7 Å². The predicted octanol–water partition coefficient (Wildman–Crippen LogP) is 0.146. The van der Waals surface area contributed by atoms with Crippen LogP contribution in [0, 0.1) is 11.8 Å². The fourth-order valence-corrected chi connectivity index (χ4v) is 7.90. The Hall–Kier alpha value is -3.67. The molecule has 0 aliphatic carbocycles. The summed E-state index contributed by atoms with van der Waals surface area (Å²) in [5.41, 5.74) is 11.6. The minimum Gasteiger partial charge on any atom is -1.00 e. The molecule has 56 heavy (non-hydrogen) atoms. The number of aliphatic hydroxyl groups excluding tert-OH is 2. The third kappa shape index (κ3) is 11.9. The zero-order chi connectivity index (χ0) is 38.9. The Bertz CT molecular complexity index is 1900. The van der Waals surface area contributed by atoms with E-state index in [4.69, 9.17) is 10.8 Å². The highest BCUT2D eigenvalue weighted by atomic mass is 127. The Labute approximate surface area is 347 Å². The van der Waals surface area contributed by atoms with Crippen molar-refractivity contribution >= 4 is 11.9 Å². The largest absolute Gasteiger partial charge is 1.00 e. The Morgan fingerprint density at radius 1 is 0.750 bits per heavy atom. The van der Waals surface area contributed by atoms with Gasteiger partial charge >= 0.3 is 5.97 Å². The van der Waals surface area contributed by atoms with Crippen LogP contribution in [0.2, 0.25) is 0 Å². The van der Waals surface area contributed by atoms with Crippen molar-refractivity contribution in [3.63, 3.8) is 0 Å². The van der Waals surface area contributed by atoms with Crippen molar-refractivity contribution in [2.45, 2.75) is 90.8 Å². The molecule has 6 N–H and O–H groups in total. The van der Waals surface area contributed by atoms with E-state index in [1.54, 1.807) is 6.20 Å². The maximum atomic E-state index is 12.4. The fraction of sp³-hybridized carbons (Fsp3) is 0.524. The van der Waals surface area contributed by atoms with Gasteiger partial charge in [0.25, 0.3) is 5.91 Å². The lowest BCUT2D eigenvalue weighted by Crippen LogP contribution is -3.00. The van der Waals surface area contributed by atoms with Crippen molar-refractivity contribution in [1.29, 1.82) is 0 Å². The van der Waals surface area contributed by atoms with Crippen molar-refractivity contribution in [2.24, 2.45) is 17.6 Å². The first kappa shape index (κ1) is 43.5. The average molecular weight is 882 g/mol. The van der Waals surface area contributed by atoms with E-state index in [0.29, 0.717) is 37.2 Å². The number of hydrogen-bond acceptors (Lipinski definition) is 9. The summed E-state index contributed by atoms with van der Waals surface area (Å²) < 4.78 is 4.04. The first-order valence-corrected chi connectivity index (χ1v) is 19.8. The summed E-state index contributed by atoms with van der Waals surface area (Å²) in [6, 6.07) is 17.0. The van der Waals surface area contributed by atoms with Crippen molar-refractivity contribution in [3.05, 3.63) is 106 Å². The lowest BCUT2D eigenvalue weighted by molar-refractivity contribution is -0.0000381. The van der Waals surface area contributed by atoms with E-state index in [9.17, 15) is 19.8 Å². The second kappa shape index (κ2) is 20.7. The smallest absolute Gasteiger partial charge is 0.356 e. The Kier molecular flexibility index (Phi) is 16.0. The highest BCUT2D eigenvalue weighted by molar-refractivity contribution is 5.92. The molecule has 4 aliphatic rings. The van der Waals surface area contributed by atoms with Gasteiger partial charge in [0.05, 0.1) is 12.2 Å². The van der Waals surface area contributed by atoms with Crippen LogP contribution in [0.15, 0.2) is 60.9 Å². The minimum atomic E-state index is -0.936. The number of halogens is 1. The zero-order valence-corrected chi connectivity index (χ0v) is 34.9. The molecule has 13 nitrogen and oxygen atoms in total. The zero-order valence-electron chi connectivity index (χ0n) is 32.7. The van der Waals surface area contributed by atoms with E-state index in [1.165, 1.54) is 22.3 Å². The molecule has 14 heteroatoms. The molecular formula is C42H58IN8O5-. The summed E-state index contributed by atoms with van der Waals surface area (Å²) in [5, 5.41) is 31.4. The lowest BCUT2D eigenvalue weighted by atomic mass is 10.00. The quantitative estimate of drug-likeness (QED) is 0.146. The monoisotopic (exact) mass is 881 g/mol. The fourth-order valence-electron chi connectivity index (χ4n) is 7.90. The maximum absolute atomic E-state index is 12.4. The molecule has 4 aliphatic heterocycles. The first-order chi connectivity index (χ1) is 26.5. The van der Waals surface area contributed by atoms with Crippen LogP contribution >= 0.6 is 0 Å². The summed E-state index contributed by atoms with van der Waals surface area (Å²) in [5.74, 6) is 2.02. The third-order valence-corrected chi connectivity index (χ3v) is 11.0. The van der Waals surface area contributed by atoms with Gasteiger partial charge in [-0.3, -0.25) is 14.6 Å². The topological polar surface area (TPSA) is 175 Å². The second-order valence-electron chi connectivity index (χ2n) is 15.7. The number of rotatable bonds is 9. The number of aliphatic hydroxyl groups is 2. The molecule has 0 bridgehead atoms. The molecule has 0 spiro atoms. The Morgan fingerprint density at radius 2 is 1.21 bits per heavy atom. The van der Waals surface area contributed by atoms with Crippen molar-refractivity contribution in [3.8, 4) is 0 Å². The number of carboxylic acids is 1. The van der Waals surface area contributed by atoms with E-state index in [0.717, 1.165) is 89.4 Å². The van der Waals surface area contributed by atoms with Gasteiger partial charge in [0.15, 0.2) is 5.69 Å². The Balaban J connectivity index is 0.000000175. The number of nitrogens with two attached hydrogens (primary N) is 1. The number of aromatic nitrogens is 4. The highest BCUT2D eigenvalue weighted by Crippen LogP contribution is 2.22. The SMILES string of the molecule is CC1CCc2nc(C(=O)NCC(O)CN3CCc4ccccc4C3)cn2C1.CC1CCc2nc(C(=O)O)cn2C1.NCC(O)CN1CCc2ccccc2C1.[I-]. The molecule has 0 radical (unpaired) electrons. The molecule has 4 atom stereocenters. The molecule has 2 aromatic carbocycles. The van der Waals surface area contributed by atoms with Crippen LogP contribution in [-0.4, -0.2) is 108 Å². The highest BCUT2D eigenvalue weighted by Gasteiger charge is 2.23. The average Bonchev–Trinajstić information content (AvgIpc) is 3.82. The molecule has 0 saturated carbocycles. The number of carboxylic acid groups (broad SMARTS) is 1. The van der Waals surface area contributed by atoms with Crippen LogP contribution in [0.25, 0.3) is 0 Å². The summed E-state index contributed by atoms with van der Waals surface area (Å²) >= 11 is 0. The van der Waals surface area contributed by atoms with E-state index in [-0.39, 0.29) is 42.1 Å². The summed E-state index contributed by atoms with van der Waals surface area (Å²) in [6.07, 6.45) is 8.63. The predicted molar refractivity (Wildman–Crippen MR) is 211 cm³/mol. The number of fused-ring (bicyclic) bond motifs is 4. The Morgan fingerprint density at radius 3 is 1.71 bits per heavy atom. The lowest BCUT2D eigenvalue weighted by Gasteiger charge is -2.30. The number of nitrogens with one attached hydrogen (secondary N) is 1. The molecule has 2 aromatic heterocycles. The maximum Gasteiger partial charge on any atom is 0.356 e. The van der Waals surface area contributed by atoms with Gasteiger partial charge in [-0.25, -0.2) is 14.8 Å². The summed E-state index contributed by atoms with van der Waals surface area (Å²) in [7, 11) is 0. The number of β-amino-alcohol motifs (C(OH)–C–C–N with tert-alkyl or cyclic N) is 2. The molecule has 4 unspecified atom stereocenters. The van der Waals surface area contributed by atoms with Gasteiger partial charge in [0.2, 0.25) is 0 Å². The van der Waals surface area contributed by atoms with Gasteiger partial charge in [-0.15, -0.1) is 0 Å². The minimum absolute atomic E-state index is 0. The van der Waals surface area contributed by atoms with Crippen molar-refractivity contribution in [1.82, 2.24) is 34.2 Å². The standard InChI is InChI=1S/C21H28N4O2.C12H18N2O.C9H12N2O2.HI/c1-15-6-7-20-23-19(14-25(20)11-15)21(27)22-10-18(26)13-24-9-8-16-4-2-3-5-17(16)12-24;13-7-12(15)9-14-6-5-10-3-1-2-4-11(10)8-14;1-6-2-3-8-10-7(9(12)13)5-11(8)4-6;/h2-5,14-15,18,26H,6-13H2,1H3,(H,22,27);1-4,12,15H,5-9,13H2;5-6H,2-4H2,1H3,(H,12,13);1H/p-1. The van der Waals surface area contributed by atoms with Gasteiger partial charge < -0.3 is 59.5 Å². The molecule has 4 aromatic rings. The first-order valence-electron chi connectivity index (χ1n) is 19.8. The van der Waals surface area contributed by atoms with E-state index in [1.807, 2.05) is 10.8 Å². The summed E-state index contributed by atoms with van der Waals surface area (Å²) in [4.78, 5) is 36.0. The number of nitrogens with zero attached hydrogens (tertiary/aromatic N) is 6. The number of hydrogen-bond donors (Lipinski definition) is 5. The van der Waals surface area contributed by atoms with Gasteiger partial charge in [0.1, 0.15) is 17.3 Å². The van der Waals surface area contributed by atoms with Crippen LogP contribution < -0.4 is 35.0 Å². The third-order valence-electron chi connectivity index (χ3n) is 11.0. The van der Waals surface area contributed by atoms with Crippen LogP contribution in [0.3, 0.4) is 0 Å². The number of aryl methyl sites for hydroxylation is 2. The molecular weight excluding hydrogens is 823 g/mol. The second-order valence-corrected chi connectivity index (χ2v) is 15.7. The van der Waals surface area contributed by atoms with E-state index in [2.05, 4.69) is 92.0 Å². The van der Waals surface area contributed by atoms with Gasteiger partial charge in [-0.05, 0) is 59.8 Å². The van der Waals surface area contributed by atoms with Crippen LogP contribution in [0.5, 0.6) is 0 Å². The van der Waals surface area contributed by atoms with Crippen LogP contribution in [0.4, 0.5) is 0 Å². The molecule has 0 fully saturated rings. The molecule has 8 rings (SSSR count). The van der Waals surface area contributed by atoms with Crippen molar-refractivity contribution < 1.29 is 48.9 Å². The number of benzene rings is 2. The van der Waals surface area contributed by atoms with E-state index >= 15 is 0 Å². The molecule has 0 saturated heterocycles. The van der Waals surface area contributed by atoms with Crippen LogP contribution in [-0.2, 0) is 51.9 Å². The van der Waals surface area contributed by atoms with Crippen LogP contribution in [0.1, 0.15) is 81.6 Å². The normalized spacial score (nSPS) is 19.8. The van der Waals surface area contributed by atoms with E-state index < -0.39 is 18.2 Å². The van der Waals surface area contributed by atoms with Crippen molar-refractivity contribution in [2.75, 3.05) is 39.3 Å². The molecule has 304 valence electrons. The summed E-state index contributed by atoms with van der Waals surface area (Å²) in [6.45, 7) is 11.8. The molecule has 1 amide bonds. The van der Waals surface area contributed by atoms with Gasteiger partial charge in [-0.1, -0.05) is 62.4 Å². The number of amides is 1. The number of carbonyl (C=O) groups excluding carboxylic acids is 1. The molecule has 6 heterocycles. The number of carbonyl (C=O) groups is 2. The number of imidazole rings is 2. The van der Waals surface area contributed by atoms with Gasteiger partial charge in [-0.2, -0.15) is 0 Å². The number of aromatic carboxylic acids is 1.